The van der Waals surface area contributed by atoms with E-state index in [1.165, 1.54) is 12.1 Å². The largest absolute Gasteiger partial charge is 0.497 e. The Hall–Kier alpha value is -3.35. The lowest BCUT2D eigenvalue weighted by atomic mass is 10.0. The van der Waals surface area contributed by atoms with Crippen LogP contribution in [0.5, 0.6) is 5.75 Å². The Labute approximate surface area is 152 Å². The fourth-order valence-electron chi connectivity index (χ4n) is 2.89. The zero-order valence-corrected chi connectivity index (χ0v) is 14.2. The number of halogens is 3. The first-order valence-electron chi connectivity index (χ1n) is 8.12. The van der Waals surface area contributed by atoms with Crippen LogP contribution < -0.4 is 4.74 Å². The molecule has 136 valence electrons. The standard InChI is InChI=1S/C20H14F3N3O/c1-27-14-8-9-16-17(11-14)26-19(25-16)15-3-2-10-24-18(15)12-4-6-13(7-5-12)20(21,22)23/h2-11H,1H3,(H,25,26). The monoisotopic (exact) mass is 369 g/mol. The number of nitrogens with zero attached hydrogens (tertiary/aromatic N) is 2. The summed E-state index contributed by atoms with van der Waals surface area (Å²) >= 11 is 0. The molecule has 2 heterocycles. The fraction of sp³-hybridized carbons (Fsp3) is 0.100. The van der Waals surface area contributed by atoms with Gasteiger partial charge in [0.15, 0.2) is 0 Å². The van der Waals surface area contributed by atoms with Gasteiger partial charge in [0.2, 0.25) is 0 Å². The first-order chi connectivity index (χ1) is 13.0. The van der Waals surface area contributed by atoms with Crippen LogP contribution in [0, 0.1) is 0 Å². The van der Waals surface area contributed by atoms with Crippen molar-refractivity contribution >= 4 is 11.0 Å². The molecule has 0 fully saturated rings. The second-order valence-corrected chi connectivity index (χ2v) is 5.94. The van der Waals surface area contributed by atoms with Crippen molar-refractivity contribution in [3.05, 3.63) is 66.4 Å². The lowest BCUT2D eigenvalue weighted by molar-refractivity contribution is -0.137. The number of ether oxygens (including phenoxy) is 1. The van der Waals surface area contributed by atoms with Crippen molar-refractivity contribution < 1.29 is 17.9 Å². The molecule has 0 aliphatic heterocycles. The van der Waals surface area contributed by atoms with Crippen LogP contribution in [0.3, 0.4) is 0 Å². The summed E-state index contributed by atoms with van der Waals surface area (Å²) in [5, 5.41) is 0. The Morgan fingerprint density at radius 3 is 2.48 bits per heavy atom. The summed E-state index contributed by atoms with van der Waals surface area (Å²) in [6.45, 7) is 0. The molecule has 4 aromatic rings. The normalized spacial score (nSPS) is 11.7. The number of methoxy groups -OCH3 is 1. The summed E-state index contributed by atoms with van der Waals surface area (Å²) in [4.78, 5) is 12.1. The number of fused-ring (bicyclic) bond motifs is 1. The van der Waals surface area contributed by atoms with Crippen LogP contribution in [0.4, 0.5) is 13.2 Å². The van der Waals surface area contributed by atoms with Crippen LogP contribution >= 0.6 is 0 Å². The SMILES string of the molecule is COc1ccc2nc(-c3cccnc3-c3ccc(C(F)(F)F)cc3)[nH]c2c1. The summed E-state index contributed by atoms with van der Waals surface area (Å²) in [6.07, 6.45) is -2.77. The van der Waals surface area contributed by atoms with E-state index in [0.29, 0.717) is 28.4 Å². The lowest BCUT2D eigenvalue weighted by Gasteiger charge is -2.09. The number of aromatic nitrogens is 3. The van der Waals surface area contributed by atoms with Gasteiger partial charge < -0.3 is 9.72 Å². The maximum Gasteiger partial charge on any atom is 0.416 e. The van der Waals surface area contributed by atoms with Gasteiger partial charge in [0.1, 0.15) is 11.6 Å². The molecule has 4 nitrogen and oxygen atoms in total. The van der Waals surface area contributed by atoms with Gasteiger partial charge >= 0.3 is 6.18 Å². The van der Waals surface area contributed by atoms with Crippen LogP contribution in [-0.4, -0.2) is 22.1 Å². The van der Waals surface area contributed by atoms with Crippen LogP contribution in [0.2, 0.25) is 0 Å². The Balaban J connectivity index is 1.79. The molecular weight excluding hydrogens is 355 g/mol. The zero-order valence-electron chi connectivity index (χ0n) is 14.2. The van der Waals surface area contributed by atoms with Gasteiger partial charge in [0.25, 0.3) is 0 Å². The second-order valence-electron chi connectivity index (χ2n) is 5.94. The molecule has 0 aliphatic rings. The number of aromatic amines is 1. The molecule has 0 saturated carbocycles. The van der Waals surface area contributed by atoms with Gasteiger partial charge in [0, 0.05) is 23.4 Å². The second kappa shape index (κ2) is 6.42. The molecule has 0 amide bonds. The van der Waals surface area contributed by atoms with Crippen molar-refractivity contribution in [1.82, 2.24) is 15.0 Å². The minimum absolute atomic E-state index is 0.553. The molecule has 27 heavy (non-hydrogen) atoms. The predicted molar refractivity (Wildman–Crippen MR) is 96.3 cm³/mol. The summed E-state index contributed by atoms with van der Waals surface area (Å²) in [5.74, 6) is 1.29. The highest BCUT2D eigenvalue weighted by Gasteiger charge is 2.30. The topological polar surface area (TPSA) is 50.8 Å². The lowest BCUT2D eigenvalue weighted by Crippen LogP contribution is -2.04. The Bertz CT molecular complexity index is 1100. The number of imidazole rings is 1. The van der Waals surface area contributed by atoms with Gasteiger partial charge in [-0.25, -0.2) is 4.98 Å². The highest BCUT2D eigenvalue weighted by Crippen LogP contribution is 2.34. The molecule has 0 aliphatic carbocycles. The molecule has 0 unspecified atom stereocenters. The third-order valence-electron chi connectivity index (χ3n) is 4.24. The Morgan fingerprint density at radius 1 is 1.00 bits per heavy atom. The van der Waals surface area contributed by atoms with Crippen molar-refractivity contribution in [2.45, 2.75) is 6.18 Å². The maximum atomic E-state index is 12.8. The van der Waals surface area contributed by atoms with Crippen LogP contribution in [0.25, 0.3) is 33.7 Å². The van der Waals surface area contributed by atoms with Crippen molar-refractivity contribution in [2.24, 2.45) is 0 Å². The molecule has 4 rings (SSSR count). The Morgan fingerprint density at radius 2 is 1.78 bits per heavy atom. The first-order valence-corrected chi connectivity index (χ1v) is 8.12. The fourth-order valence-corrected chi connectivity index (χ4v) is 2.89. The van der Waals surface area contributed by atoms with E-state index in [-0.39, 0.29) is 0 Å². The molecule has 0 atom stereocenters. The van der Waals surface area contributed by atoms with E-state index < -0.39 is 11.7 Å². The first kappa shape index (κ1) is 17.1. The molecule has 0 spiro atoms. The molecule has 0 radical (unpaired) electrons. The van der Waals surface area contributed by atoms with Crippen molar-refractivity contribution in [3.8, 4) is 28.4 Å². The highest BCUT2D eigenvalue weighted by molar-refractivity contribution is 5.84. The highest BCUT2D eigenvalue weighted by atomic mass is 19.4. The zero-order chi connectivity index (χ0) is 19.0. The number of nitrogens with one attached hydrogen (secondary N) is 1. The quantitative estimate of drug-likeness (QED) is 0.532. The van der Waals surface area contributed by atoms with E-state index in [9.17, 15) is 13.2 Å². The van der Waals surface area contributed by atoms with E-state index in [2.05, 4.69) is 15.0 Å². The molecule has 0 bridgehead atoms. The number of hydrogen-bond donors (Lipinski definition) is 1. The van der Waals surface area contributed by atoms with Crippen molar-refractivity contribution in [1.29, 1.82) is 0 Å². The summed E-state index contributed by atoms with van der Waals surface area (Å²) < 4.78 is 43.6. The third kappa shape index (κ3) is 3.23. The van der Waals surface area contributed by atoms with E-state index in [4.69, 9.17) is 4.74 Å². The summed E-state index contributed by atoms with van der Waals surface area (Å²) in [7, 11) is 1.59. The molecule has 7 heteroatoms. The van der Waals surface area contributed by atoms with Crippen molar-refractivity contribution in [3.63, 3.8) is 0 Å². The number of hydrogen-bond acceptors (Lipinski definition) is 3. The van der Waals surface area contributed by atoms with Gasteiger partial charge in [0.05, 0.1) is 29.4 Å². The van der Waals surface area contributed by atoms with Crippen LogP contribution in [0.1, 0.15) is 5.56 Å². The number of pyridine rings is 1. The minimum Gasteiger partial charge on any atom is -0.497 e. The van der Waals surface area contributed by atoms with Gasteiger partial charge in [-0.2, -0.15) is 13.2 Å². The Kier molecular flexibility index (Phi) is 4.07. The summed E-state index contributed by atoms with van der Waals surface area (Å²) in [5.41, 5.74) is 2.69. The average molecular weight is 369 g/mol. The van der Waals surface area contributed by atoms with E-state index in [0.717, 1.165) is 23.2 Å². The average Bonchev–Trinajstić information content (AvgIpc) is 3.10. The van der Waals surface area contributed by atoms with Gasteiger partial charge in [-0.1, -0.05) is 12.1 Å². The number of rotatable bonds is 3. The summed E-state index contributed by atoms with van der Waals surface area (Å²) in [6, 6.07) is 14.0. The van der Waals surface area contributed by atoms with Crippen LogP contribution in [0.15, 0.2) is 60.8 Å². The van der Waals surface area contributed by atoms with E-state index in [1.807, 2.05) is 24.3 Å². The van der Waals surface area contributed by atoms with E-state index >= 15 is 0 Å². The van der Waals surface area contributed by atoms with Gasteiger partial charge in [-0.15, -0.1) is 0 Å². The molecule has 2 aromatic heterocycles. The maximum absolute atomic E-state index is 12.8. The van der Waals surface area contributed by atoms with Gasteiger partial charge in [-0.05, 0) is 36.4 Å². The van der Waals surface area contributed by atoms with Gasteiger partial charge in [-0.3, -0.25) is 4.98 Å². The molecule has 0 saturated heterocycles. The molecule has 1 N–H and O–H groups in total. The third-order valence-corrected chi connectivity index (χ3v) is 4.24. The smallest absolute Gasteiger partial charge is 0.416 e. The number of H-pyrrole nitrogens is 1. The van der Waals surface area contributed by atoms with E-state index in [1.54, 1.807) is 19.4 Å². The minimum atomic E-state index is -4.37. The molecule has 2 aromatic carbocycles. The number of benzene rings is 2. The van der Waals surface area contributed by atoms with Crippen LogP contribution in [-0.2, 0) is 6.18 Å². The number of alkyl halides is 3. The van der Waals surface area contributed by atoms with Crippen molar-refractivity contribution in [2.75, 3.05) is 7.11 Å². The molecular formula is C20H14F3N3O. The predicted octanol–water partition coefficient (Wildman–Crippen LogP) is 5.32.